The van der Waals surface area contributed by atoms with Crippen molar-refractivity contribution < 1.29 is 30.3 Å². The van der Waals surface area contributed by atoms with E-state index in [2.05, 4.69) is 20.9 Å². The SMILES string of the molecule is OCC1(Br)OC(O)C(O)C(O)(c2c[nH]c3ccccc23)C1O. The number of para-hydroxylation sites is 1. The minimum Gasteiger partial charge on any atom is -0.392 e. The summed E-state index contributed by atoms with van der Waals surface area (Å²) >= 11 is 2.99. The quantitative estimate of drug-likeness (QED) is 0.394. The van der Waals surface area contributed by atoms with Gasteiger partial charge in [-0.1, -0.05) is 18.2 Å². The lowest BCUT2D eigenvalue weighted by Crippen LogP contribution is -2.68. The first-order valence-electron chi connectivity index (χ1n) is 6.65. The van der Waals surface area contributed by atoms with Crippen molar-refractivity contribution >= 4 is 26.8 Å². The fourth-order valence-corrected chi connectivity index (χ4v) is 3.41. The summed E-state index contributed by atoms with van der Waals surface area (Å²) in [6, 6.07) is 7.01. The van der Waals surface area contributed by atoms with Crippen LogP contribution in [-0.2, 0) is 10.3 Å². The monoisotopic (exact) mass is 373 g/mol. The molecule has 0 aliphatic carbocycles. The van der Waals surface area contributed by atoms with Gasteiger partial charge in [0.05, 0.1) is 6.61 Å². The van der Waals surface area contributed by atoms with Crippen molar-refractivity contribution in [3.05, 3.63) is 36.0 Å². The van der Waals surface area contributed by atoms with Crippen LogP contribution in [0.15, 0.2) is 30.5 Å². The van der Waals surface area contributed by atoms with Gasteiger partial charge in [-0.05, 0) is 22.0 Å². The summed E-state index contributed by atoms with van der Waals surface area (Å²) in [4.78, 5) is 2.93. The third kappa shape index (κ3) is 2.04. The second-order valence-electron chi connectivity index (χ2n) is 5.37. The number of rotatable bonds is 2. The maximum atomic E-state index is 11.0. The van der Waals surface area contributed by atoms with Crippen LogP contribution in [0.25, 0.3) is 10.9 Å². The molecular weight excluding hydrogens is 358 g/mol. The van der Waals surface area contributed by atoms with Crippen molar-refractivity contribution in [1.29, 1.82) is 0 Å². The number of nitrogens with one attached hydrogen (secondary N) is 1. The molecule has 5 atom stereocenters. The molecule has 2 heterocycles. The number of H-pyrrole nitrogens is 1. The summed E-state index contributed by atoms with van der Waals surface area (Å²) in [6.45, 7) is -0.720. The zero-order valence-electron chi connectivity index (χ0n) is 11.3. The molecule has 1 aromatic heterocycles. The highest BCUT2D eigenvalue weighted by Gasteiger charge is 2.62. The molecule has 5 unspecified atom stereocenters. The Morgan fingerprint density at radius 3 is 2.59 bits per heavy atom. The maximum Gasteiger partial charge on any atom is 0.186 e. The van der Waals surface area contributed by atoms with Crippen LogP contribution in [0.5, 0.6) is 0 Å². The van der Waals surface area contributed by atoms with Gasteiger partial charge in [0.15, 0.2) is 16.4 Å². The van der Waals surface area contributed by atoms with E-state index < -0.39 is 35.2 Å². The molecule has 1 aliphatic heterocycles. The van der Waals surface area contributed by atoms with Crippen molar-refractivity contribution in [3.63, 3.8) is 0 Å². The molecule has 1 aliphatic rings. The molecule has 1 aromatic carbocycles. The fraction of sp³-hybridized carbons (Fsp3) is 0.429. The zero-order chi connectivity index (χ0) is 16.1. The third-order valence-electron chi connectivity index (χ3n) is 4.10. The van der Waals surface area contributed by atoms with Crippen molar-refractivity contribution in [3.8, 4) is 0 Å². The number of hydrogen-bond acceptors (Lipinski definition) is 6. The van der Waals surface area contributed by atoms with E-state index in [4.69, 9.17) is 4.74 Å². The van der Waals surface area contributed by atoms with Gasteiger partial charge in [-0.25, -0.2) is 0 Å². The topological polar surface area (TPSA) is 126 Å². The van der Waals surface area contributed by atoms with E-state index in [1.54, 1.807) is 24.3 Å². The molecule has 120 valence electrons. The van der Waals surface area contributed by atoms with Gasteiger partial charge in [-0.15, -0.1) is 0 Å². The summed E-state index contributed by atoms with van der Waals surface area (Å²) in [5.41, 5.74) is -1.36. The minimum absolute atomic E-state index is 0.197. The Morgan fingerprint density at radius 1 is 1.23 bits per heavy atom. The number of aliphatic hydroxyl groups excluding tert-OH is 4. The van der Waals surface area contributed by atoms with E-state index in [0.717, 1.165) is 0 Å². The van der Waals surface area contributed by atoms with Crippen LogP contribution in [0.3, 0.4) is 0 Å². The second-order valence-corrected chi connectivity index (χ2v) is 6.72. The Labute approximate surface area is 133 Å². The summed E-state index contributed by atoms with van der Waals surface area (Å²) in [6.07, 6.45) is -3.89. The lowest BCUT2D eigenvalue weighted by atomic mass is 9.78. The summed E-state index contributed by atoms with van der Waals surface area (Å²) in [5, 5.41) is 51.6. The number of halogens is 1. The van der Waals surface area contributed by atoms with Crippen LogP contribution >= 0.6 is 15.9 Å². The number of fused-ring (bicyclic) bond motifs is 1. The van der Waals surface area contributed by atoms with Crippen molar-refractivity contribution in [2.75, 3.05) is 6.61 Å². The van der Waals surface area contributed by atoms with Crippen LogP contribution in [-0.4, -0.2) is 60.1 Å². The van der Waals surface area contributed by atoms with Gasteiger partial charge in [0.25, 0.3) is 0 Å². The first kappa shape index (κ1) is 15.9. The number of alkyl halides is 1. The predicted octanol–water partition coefficient (Wildman–Crippen LogP) is -0.491. The van der Waals surface area contributed by atoms with Gasteiger partial charge in [0, 0.05) is 22.7 Å². The Kier molecular flexibility index (Phi) is 3.81. The van der Waals surface area contributed by atoms with Crippen LogP contribution in [0.1, 0.15) is 5.56 Å². The van der Waals surface area contributed by atoms with Gasteiger partial charge < -0.3 is 35.3 Å². The molecule has 6 N–H and O–H groups in total. The van der Waals surface area contributed by atoms with Crippen molar-refractivity contribution in [1.82, 2.24) is 4.98 Å². The molecule has 3 rings (SSSR count). The molecule has 0 spiro atoms. The molecule has 7 nitrogen and oxygen atoms in total. The van der Waals surface area contributed by atoms with Gasteiger partial charge in [0.2, 0.25) is 0 Å². The third-order valence-corrected chi connectivity index (χ3v) is 4.97. The highest BCUT2D eigenvalue weighted by molar-refractivity contribution is 9.10. The predicted molar refractivity (Wildman–Crippen MR) is 80.0 cm³/mol. The van der Waals surface area contributed by atoms with E-state index in [1.165, 1.54) is 6.20 Å². The Balaban J connectivity index is 2.20. The van der Waals surface area contributed by atoms with Gasteiger partial charge >= 0.3 is 0 Å². The molecule has 2 aromatic rings. The normalized spacial score (nSPS) is 39.3. The number of hydrogen-bond donors (Lipinski definition) is 6. The molecule has 8 heteroatoms. The first-order chi connectivity index (χ1) is 10.3. The lowest BCUT2D eigenvalue weighted by Gasteiger charge is -2.50. The summed E-state index contributed by atoms with van der Waals surface area (Å²) in [5.74, 6) is 0. The summed E-state index contributed by atoms with van der Waals surface area (Å²) < 4.78 is 3.20. The molecule has 0 radical (unpaired) electrons. The van der Waals surface area contributed by atoms with E-state index >= 15 is 0 Å². The average Bonchev–Trinajstić information content (AvgIpc) is 2.95. The van der Waals surface area contributed by atoms with Gasteiger partial charge in [-0.3, -0.25) is 0 Å². The number of aromatic nitrogens is 1. The van der Waals surface area contributed by atoms with E-state index in [-0.39, 0.29) is 5.56 Å². The molecule has 1 saturated heterocycles. The lowest BCUT2D eigenvalue weighted by molar-refractivity contribution is -0.334. The zero-order valence-corrected chi connectivity index (χ0v) is 12.9. The van der Waals surface area contributed by atoms with Gasteiger partial charge in [0.1, 0.15) is 12.2 Å². The van der Waals surface area contributed by atoms with Crippen LogP contribution in [0.4, 0.5) is 0 Å². The van der Waals surface area contributed by atoms with Crippen LogP contribution in [0.2, 0.25) is 0 Å². The molecule has 22 heavy (non-hydrogen) atoms. The largest absolute Gasteiger partial charge is 0.392 e. The Hall–Kier alpha value is -1.00. The van der Waals surface area contributed by atoms with E-state index in [0.29, 0.717) is 10.9 Å². The number of ether oxygens (including phenoxy) is 1. The van der Waals surface area contributed by atoms with Crippen LogP contribution in [0, 0.1) is 0 Å². The fourth-order valence-electron chi connectivity index (χ4n) is 2.87. The number of aliphatic hydroxyl groups is 5. The van der Waals surface area contributed by atoms with Gasteiger partial charge in [-0.2, -0.15) is 0 Å². The van der Waals surface area contributed by atoms with Crippen LogP contribution < -0.4 is 0 Å². The Bertz CT molecular complexity index is 693. The summed E-state index contributed by atoms with van der Waals surface area (Å²) in [7, 11) is 0. The minimum atomic E-state index is -2.25. The average molecular weight is 374 g/mol. The second kappa shape index (κ2) is 5.27. The maximum absolute atomic E-state index is 11.0. The van der Waals surface area contributed by atoms with E-state index in [1.807, 2.05) is 0 Å². The Morgan fingerprint density at radius 2 is 1.91 bits per heavy atom. The number of benzene rings is 1. The first-order valence-corrected chi connectivity index (χ1v) is 7.44. The molecule has 1 fully saturated rings. The smallest absolute Gasteiger partial charge is 0.186 e. The highest BCUT2D eigenvalue weighted by Crippen LogP contribution is 2.46. The standard InChI is InChI=1S/C14H16BrNO6/c15-13(6-17)12(20)14(21,10(18)11(19)22-13)8-5-16-9-4-2-1-3-7(8)9/h1-5,10-12,16-21H,6H2. The van der Waals surface area contributed by atoms with Crippen molar-refractivity contribution in [2.45, 2.75) is 28.6 Å². The highest BCUT2D eigenvalue weighted by atomic mass is 79.9. The molecule has 0 amide bonds. The molecular formula is C14H16BrNO6. The van der Waals surface area contributed by atoms with E-state index in [9.17, 15) is 25.5 Å². The molecule has 0 saturated carbocycles. The molecule has 0 bridgehead atoms. The van der Waals surface area contributed by atoms with Crippen molar-refractivity contribution in [2.24, 2.45) is 0 Å². The number of aromatic amines is 1.